The van der Waals surface area contributed by atoms with Gasteiger partial charge in [-0.3, -0.25) is 9.59 Å². The summed E-state index contributed by atoms with van der Waals surface area (Å²) < 4.78 is 0. The molecule has 1 heterocycles. The van der Waals surface area contributed by atoms with Crippen LogP contribution in [0.2, 0.25) is 0 Å². The Bertz CT molecular complexity index is 313. The molecule has 6 heteroatoms. The van der Waals surface area contributed by atoms with Gasteiger partial charge in [-0.15, -0.1) is 0 Å². The minimum absolute atomic E-state index is 0.0764. The van der Waals surface area contributed by atoms with Crippen LogP contribution >= 0.6 is 0 Å². The van der Waals surface area contributed by atoms with E-state index in [1.165, 1.54) is 11.0 Å². The van der Waals surface area contributed by atoms with Crippen molar-refractivity contribution in [3.8, 4) is 0 Å². The summed E-state index contributed by atoms with van der Waals surface area (Å²) in [6, 6.07) is -0.280. The molecule has 0 bridgehead atoms. The number of amides is 2. The predicted molar refractivity (Wildman–Crippen MR) is 82.7 cm³/mol. The zero-order valence-corrected chi connectivity index (χ0v) is 13.5. The van der Waals surface area contributed by atoms with Crippen LogP contribution < -0.4 is 0 Å². The molecule has 0 aromatic carbocycles. The largest absolute Gasteiger partial charge is 0.400 e. The summed E-state index contributed by atoms with van der Waals surface area (Å²) in [6.07, 6.45) is 5.14. The zero-order valence-electron chi connectivity index (χ0n) is 13.5. The molecule has 1 aliphatic rings. The minimum atomic E-state index is -0.280. The molecule has 6 nitrogen and oxygen atoms in total. The summed E-state index contributed by atoms with van der Waals surface area (Å²) >= 11 is 0. The number of likely N-dealkylation sites (tertiary alicyclic amines) is 1. The summed E-state index contributed by atoms with van der Waals surface area (Å²) in [5.74, 6) is 0.264. The summed E-state index contributed by atoms with van der Waals surface area (Å²) in [6.45, 7) is 9.06. The first-order chi connectivity index (χ1) is 9.97. The van der Waals surface area contributed by atoms with Crippen molar-refractivity contribution < 1.29 is 19.5 Å². The fourth-order valence-corrected chi connectivity index (χ4v) is 1.86. The standard InChI is InChI=1S/C7H13NO2.C7H11NO.CH4O/c1-6(2)7(4-9)8(3)5-10;1-2-7(9)8-5-3-4-6-8;1-2/h4-7H,1-3H3;2H,1,3-6H2;2H,1H3. The fourth-order valence-electron chi connectivity index (χ4n) is 1.86. The second kappa shape index (κ2) is 13.3. The van der Waals surface area contributed by atoms with Gasteiger partial charge in [-0.2, -0.15) is 0 Å². The lowest BCUT2D eigenvalue weighted by molar-refractivity contribution is -0.125. The van der Waals surface area contributed by atoms with Gasteiger partial charge in [-0.1, -0.05) is 20.4 Å². The smallest absolute Gasteiger partial charge is 0.245 e. The number of carbonyl (C=O) groups excluding carboxylic acids is 3. The Hall–Kier alpha value is -1.69. The van der Waals surface area contributed by atoms with E-state index >= 15 is 0 Å². The van der Waals surface area contributed by atoms with Crippen LogP contribution in [0.4, 0.5) is 0 Å². The van der Waals surface area contributed by atoms with Crippen LogP contribution in [-0.2, 0) is 14.4 Å². The minimum Gasteiger partial charge on any atom is -0.400 e. The van der Waals surface area contributed by atoms with E-state index in [0.717, 1.165) is 39.3 Å². The van der Waals surface area contributed by atoms with E-state index in [1.807, 2.05) is 18.7 Å². The molecular formula is C15H28N2O4. The number of hydrogen-bond donors (Lipinski definition) is 1. The lowest BCUT2D eigenvalue weighted by atomic mass is 10.1. The maximum absolute atomic E-state index is 10.8. The summed E-state index contributed by atoms with van der Waals surface area (Å²) in [5, 5.41) is 7.00. The number of carbonyl (C=O) groups is 3. The third-order valence-corrected chi connectivity index (χ3v) is 3.05. The number of aliphatic hydroxyl groups is 1. The van der Waals surface area contributed by atoms with Gasteiger partial charge in [0.05, 0.1) is 6.04 Å². The molecule has 1 saturated heterocycles. The molecule has 21 heavy (non-hydrogen) atoms. The van der Waals surface area contributed by atoms with Crippen LogP contribution in [0.5, 0.6) is 0 Å². The van der Waals surface area contributed by atoms with Gasteiger partial charge in [0.2, 0.25) is 12.3 Å². The Morgan fingerprint density at radius 1 is 1.24 bits per heavy atom. The van der Waals surface area contributed by atoms with Gasteiger partial charge in [-0.05, 0) is 24.8 Å². The maximum Gasteiger partial charge on any atom is 0.245 e. The summed E-state index contributed by atoms with van der Waals surface area (Å²) in [4.78, 5) is 34.5. The SMILES string of the molecule is C=CC(=O)N1CCCC1.CC(C)C(C=O)N(C)C=O.CO. The highest BCUT2D eigenvalue weighted by Crippen LogP contribution is 2.06. The molecule has 122 valence electrons. The van der Waals surface area contributed by atoms with E-state index < -0.39 is 0 Å². The molecule has 1 atom stereocenters. The highest BCUT2D eigenvalue weighted by atomic mass is 16.2. The maximum atomic E-state index is 10.8. The first-order valence-corrected chi connectivity index (χ1v) is 6.96. The van der Waals surface area contributed by atoms with Crippen molar-refractivity contribution in [3.63, 3.8) is 0 Å². The van der Waals surface area contributed by atoms with Crippen LogP contribution in [0.25, 0.3) is 0 Å². The lowest BCUT2D eigenvalue weighted by Crippen LogP contribution is -2.35. The molecule has 0 aromatic heterocycles. The lowest BCUT2D eigenvalue weighted by Gasteiger charge is -2.21. The van der Waals surface area contributed by atoms with Crippen LogP contribution in [0.1, 0.15) is 26.7 Å². The molecule has 0 aliphatic carbocycles. The highest BCUT2D eigenvalue weighted by Gasteiger charge is 2.15. The molecule has 1 rings (SSSR count). The van der Waals surface area contributed by atoms with Crippen molar-refractivity contribution in [1.82, 2.24) is 9.80 Å². The number of nitrogens with zero attached hydrogens (tertiary/aromatic N) is 2. The molecule has 1 fully saturated rings. The molecule has 2 amide bonds. The van der Waals surface area contributed by atoms with E-state index in [-0.39, 0.29) is 17.9 Å². The Labute approximate surface area is 127 Å². The molecular weight excluding hydrogens is 272 g/mol. The number of rotatable bonds is 5. The van der Waals surface area contributed by atoms with Crippen molar-refractivity contribution in [2.75, 3.05) is 27.2 Å². The molecule has 1 unspecified atom stereocenters. The number of likely N-dealkylation sites (N-methyl/N-ethyl adjacent to an activating group) is 1. The quantitative estimate of drug-likeness (QED) is 0.599. The van der Waals surface area contributed by atoms with E-state index in [1.54, 1.807) is 7.05 Å². The molecule has 0 radical (unpaired) electrons. The van der Waals surface area contributed by atoms with Crippen LogP contribution in [0.3, 0.4) is 0 Å². The van der Waals surface area contributed by atoms with Crippen molar-refractivity contribution in [2.24, 2.45) is 5.92 Å². The molecule has 0 saturated carbocycles. The third-order valence-electron chi connectivity index (χ3n) is 3.05. The third kappa shape index (κ3) is 8.96. The average Bonchev–Trinajstić information content (AvgIpc) is 3.03. The first-order valence-electron chi connectivity index (χ1n) is 6.96. The van der Waals surface area contributed by atoms with Crippen LogP contribution in [-0.4, -0.2) is 66.8 Å². The number of hydrogen-bond acceptors (Lipinski definition) is 4. The molecule has 1 N–H and O–H groups in total. The normalized spacial score (nSPS) is 14.1. The van der Waals surface area contributed by atoms with Crippen molar-refractivity contribution in [2.45, 2.75) is 32.7 Å². The van der Waals surface area contributed by atoms with E-state index in [9.17, 15) is 14.4 Å². The second-order valence-corrected chi connectivity index (χ2v) is 4.88. The van der Waals surface area contributed by atoms with E-state index in [4.69, 9.17) is 5.11 Å². The number of aliphatic hydroxyl groups excluding tert-OH is 1. The second-order valence-electron chi connectivity index (χ2n) is 4.88. The van der Waals surface area contributed by atoms with Crippen molar-refractivity contribution in [3.05, 3.63) is 12.7 Å². The first kappa shape index (κ1) is 21.6. The topological polar surface area (TPSA) is 77.9 Å². The summed E-state index contributed by atoms with van der Waals surface area (Å²) in [5.41, 5.74) is 0. The van der Waals surface area contributed by atoms with E-state index in [2.05, 4.69) is 6.58 Å². The Morgan fingerprint density at radius 3 is 1.95 bits per heavy atom. The highest BCUT2D eigenvalue weighted by molar-refractivity contribution is 5.87. The van der Waals surface area contributed by atoms with Gasteiger partial charge < -0.3 is 19.7 Å². The molecule has 0 aromatic rings. The van der Waals surface area contributed by atoms with Gasteiger partial charge in [-0.25, -0.2) is 0 Å². The Morgan fingerprint density at radius 2 is 1.71 bits per heavy atom. The molecule has 0 spiro atoms. The Balaban J connectivity index is 0. The van der Waals surface area contributed by atoms with E-state index in [0.29, 0.717) is 6.41 Å². The van der Waals surface area contributed by atoms with Crippen LogP contribution in [0, 0.1) is 5.92 Å². The summed E-state index contributed by atoms with van der Waals surface area (Å²) in [7, 11) is 2.60. The number of aldehydes is 1. The average molecular weight is 300 g/mol. The molecule has 1 aliphatic heterocycles. The van der Waals surface area contributed by atoms with Crippen molar-refractivity contribution in [1.29, 1.82) is 0 Å². The van der Waals surface area contributed by atoms with Crippen LogP contribution in [0.15, 0.2) is 12.7 Å². The van der Waals surface area contributed by atoms with Gasteiger partial charge >= 0.3 is 0 Å². The van der Waals surface area contributed by atoms with Crippen molar-refractivity contribution >= 4 is 18.6 Å². The zero-order chi connectivity index (χ0) is 16.8. The fraction of sp³-hybridized carbons (Fsp3) is 0.667. The van der Waals surface area contributed by atoms with Gasteiger partial charge in [0, 0.05) is 27.2 Å². The Kier molecular flexibility index (Phi) is 13.7. The monoisotopic (exact) mass is 300 g/mol. The van der Waals surface area contributed by atoms with Gasteiger partial charge in [0.1, 0.15) is 6.29 Å². The van der Waals surface area contributed by atoms with Gasteiger partial charge in [0.15, 0.2) is 0 Å². The predicted octanol–water partition coefficient (Wildman–Crippen LogP) is 0.701. The van der Waals surface area contributed by atoms with Gasteiger partial charge in [0.25, 0.3) is 0 Å².